The Hall–Kier alpha value is -7.94. The zero-order valence-electron chi connectivity index (χ0n) is 33.5. The first-order valence-corrected chi connectivity index (χ1v) is 21.1. The molecule has 0 N–H and O–H groups in total. The third kappa shape index (κ3) is 5.87. The molecule has 0 unspecified atom stereocenters. The van der Waals surface area contributed by atoms with Crippen LogP contribution in [0.25, 0.3) is 82.8 Å². The van der Waals surface area contributed by atoms with Crippen LogP contribution in [0.1, 0.15) is 11.1 Å². The van der Waals surface area contributed by atoms with E-state index in [1.54, 1.807) is 0 Å². The van der Waals surface area contributed by atoms with E-state index >= 15 is 0 Å². The smallest absolute Gasteiger partial charge is 0.0541 e. The summed E-state index contributed by atoms with van der Waals surface area (Å²) in [4.78, 5) is 2.43. The Morgan fingerprint density at radius 2 is 0.951 bits per heavy atom. The molecule has 0 saturated carbocycles. The first kappa shape index (κ1) is 35.0. The minimum Gasteiger partial charge on any atom is -0.310 e. The zero-order chi connectivity index (χ0) is 40.3. The van der Waals surface area contributed by atoms with Crippen LogP contribution in [0.3, 0.4) is 0 Å². The minimum absolute atomic E-state index is 0.937. The van der Waals surface area contributed by atoms with Gasteiger partial charge in [-0.3, -0.25) is 0 Å². The minimum atomic E-state index is 0.937. The Balaban J connectivity index is 0.990. The molecule has 0 atom stereocenters. The quantitative estimate of drug-likeness (QED) is 0.156. The fourth-order valence-corrected chi connectivity index (χ4v) is 9.81. The summed E-state index contributed by atoms with van der Waals surface area (Å²) in [6, 6.07) is 84.3. The Labute approximate surface area is 355 Å². The van der Waals surface area contributed by atoms with Crippen molar-refractivity contribution in [2.75, 3.05) is 4.90 Å². The Morgan fingerprint density at radius 1 is 0.361 bits per heavy atom. The third-order valence-electron chi connectivity index (χ3n) is 12.6. The topological polar surface area (TPSA) is 8.17 Å². The molecule has 12 rings (SSSR count). The van der Waals surface area contributed by atoms with Crippen LogP contribution < -0.4 is 4.90 Å². The van der Waals surface area contributed by atoms with Crippen molar-refractivity contribution < 1.29 is 0 Å². The second-order valence-corrected chi connectivity index (χ2v) is 16.1. The van der Waals surface area contributed by atoms with E-state index < -0.39 is 0 Å². The fraction of sp³-hybridized carbons (Fsp3) is 0.0169. The first-order chi connectivity index (χ1) is 30.3. The molecule has 1 aliphatic carbocycles. The number of anilines is 3. The van der Waals surface area contributed by atoms with Gasteiger partial charge in [0.15, 0.2) is 0 Å². The van der Waals surface area contributed by atoms with Gasteiger partial charge in [0.25, 0.3) is 0 Å². The standard InChI is InChI=1S/C59H40N2/c1-3-14-40(15-4-1)41-26-32-47(33-27-41)60(56-24-11-9-21-50(56)52-23-13-17-45-39-54-49-20-8-7-16-43(49)30-36-53(54)59(45)52)48-34-28-42(29-35-48)44-31-37-58-55(38-44)51-22-10-12-25-57(51)61(58)46-18-5-2-6-19-46/h1-38H,39H2. The van der Waals surface area contributed by atoms with Crippen molar-refractivity contribution in [3.63, 3.8) is 0 Å². The van der Waals surface area contributed by atoms with E-state index in [0.717, 1.165) is 23.5 Å². The summed E-state index contributed by atoms with van der Waals surface area (Å²) in [7, 11) is 0. The summed E-state index contributed by atoms with van der Waals surface area (Å²) in [5.41, 5.74) is 19.7. The van der Waals surface area contributed by atoms with Gasteiger partial charge in [-0.1, -0.05) is 170 Å². The van der Waals surface area contributed by atoms with Crippen molar-refractivity contribution in [2.24, 2.45) is 0 Å². The maximum absolute atomic E-state index is 2.43. The lowest BCUT2D eigenvalue weighted by Gasteiger charge is -2.29. The highest BCUT2D eigenvalue weighted by Gasteiger charge is 2.26. The van der Waals surface area contributed by atoms with Crippen LogP contribution >= 0.6 is 0 Å². The predicted molar refractivity (Wildman–Crippen MR) is 258 cm³/mol. The van der Waals surface area contributed by atoms with Gasteiger partial charge >= 0.3 is 0 Å². The molecule has 0 radical (unpaired) electrons. The molecule has 0 spiro atoms. The molecule has 2 nitrogen and oxygen atoms in total. The van der Waals surface area contributed by atoms with Gasteiger partial charge < -0.3 is 9.47 Å². The van der Waals surface area contributed by atoms with E-state index in [1.807, 2.05) is 0 Å². The number of fused-ring (bicyclic) bond motifs is 8. The number of nitrogens with zero attached hydrogens (tertiary/aromatic N) is 2. The molecule has 0 fully saturated rings. The Kier molecular flexibility index (Phi) is 8.28. The molecule has 0 aliphatic heterocycles. The van der Waals surface area contributed by atoms with Gasteiger partial charge in [0.1, 0.15) is 0 Å². The summed E-state index contributed by atoms with van der Waals surface area (Å²) in [5.74, 6) is 0. The van der Waals surface area contributed by atoms with Crippen molar-refractivity contribution in [1.82, 2.24) is 4.57 Å². The molecule has 1 aromatic heterocycles. The number of aromatic nitrogens is 1. The molecule has 0 bridgehead atoms. The van der Waals surface area contributed by atoms with Gasteiger partial charge in [0.05, 0.1) is 16.7 Å². The van der Waals surface area contributed by atoms with Gasteiger partial charge in [0.2, 0.25) is 0 Å². The number of rotatable bonds is 7. The summed E-state index contributed by atoms with van der Waals surface area (Å²) in [6.07, 6.45) is 0.937. The largest absolute Gasteiger partial charge is 0.310 e. The second-order valence-electron chi connectivity index (χ2n) is 16.1. The van der Waals surface area contributed by atoms with Crippen LogP contribution in [0.4, 0.5) is 17.1 Å². The molecule has 1 heterocycles. The maximum Gasteiger partial charge on any atom is 0.0541 e. The van der Waals surface area contributed by atoms with Crippen LogP contribution in [-0.2, 0) is 6.42 Å². The fourth-order valence-electron chi connectivity index (χ4n) is 9.81. The summed E-state index contributed by atoms with van der Waals surface area (Å²) in [5, 5.41) is 5.14. The molecule has 10 aromatic carbocycles. The molecule has 11 aromatic rings. The molecule has 0 amide bonds. The highest BCUT2D eigenvalue weighted by Crippen LogP contribution is 2.49. The maximum atomic E-state index is 2.43. The summed E-state index contributed by atoms with van der Waals surface area (Å²) in [6.45, 7) is 0. The van der Waals surface area contributed by atoms with E-state index in [2.05, 4.69) is 240 Å². The van der Waals surface area contributed by atoms with Gasteiger partial charge in [-0.15, -0.1) is 0 Å². The normalized spacial score (nSPS) is 11.9. The highest BCUT2D eigenvalue weighted by atomic mass is 15.1. The molecule has 2 heteroatoms. The van der Waals surface area contributed by atoms with Crippen molar-refractivity contribution in [2.45, 2.75) is 6.42 Å². The number of hydrogen-bond donors (Lipinski definition) is 0. The SMILES string of the molecule is c1ccc(-c2ccc(N(c3ccc(-c4ccc5c(c4)c4ccccc4n5-c4ccccc4)cc3)c3ccccc3-c3cccc4c3-c3ccc5ccccc5c3C4)cc2)cc1. The first-order valence-electron chi connectivity index (χ1n) is 21.1. The lowest BCUT2D eigenvalue weighted by atomic mass is 9.92. The monoisotopic (exact) mass is 776 g/mol. The van der Waals surface area contributed by atoms with E-state index in [4.69, 9.17) is 0 Å². The van der Waals surface area contributed by atoms with Gasteiger partial charge in [-0.05, 0) is 128 Å². The van der Waals surface area contributed by atoms with Crippen molar-refractivity contribution in [3.05, 3.63) is 242 Å². The predicted octanol–water partition coefficient (Wildman–Crippen LogP) is 16.0. The van der Waals surface area contributed by atoms with Crippen molar-refractivity contribution in [1.29, 1.82) is 0 Å². The zero-order valence-corrected chi connectivity index (χ0v) is 33.5. The van der Waals surface area contributed by atoms with E-state index in [0.29, 0.717) is 0 Å². The van der Waals surface area contributed by atoms with Crippen LogP contribution in [0.2, 0.25) is 0 Å². The average Bonchev–Trinajstić information content (AvgIpc) is 3.89. The lowest BCUT2D eigenvalue weighted by molar-refractivity contribution is 1.18. The highest BCUT2D eigenvalue weighted by molar-refractivity contribution is 6.10. The summed E-state index contributed by atoms with van der Waals surface area (Å²) >= 11 is 0. The molecule has 61 heavy (non-hydrogen) atoms. The molecular formula is C59H40N2. The lowest BCUT2D eigenvalue weighted by Crippen LogP contribution is -2.11. The van der Waals surface area contributed by atoms with Crippen LogP contribution in [-0.4, -0.2) is 4.57 Å². The molecule has 0 saturated heterocycles. The second kappa shape index (κ2) is 14.4. The van der Waals surface area contributed by atoms with Gasteiger partial charge in [0, 0.05) is 33.4 Å². The summed E-state index contributed by atoms with van der Waals surface area (Å²) < 4.78 is 2.37. The Morgan fingerprint density at radius 3 is 1.74 bits per heavy atom. The Bertz CT molecular complexity index is 3420. The molecule has 1 aliphatic rings. The number of para-hydroxylation sites is 3. The number of hydrogen-bond acceptors (Lipinski definition) is 1. The van der Waals surface area contributed by atoms with E-state index in [1.165, 1.54) is 93.9 Å². The third-order valence-corrected chi connectivity index (χ3v) is 12.6. The van der Waals surface area contributed by atoms with Gasteiger partial charge in [-0.25, -0.2) is 0 Å². The van der Waals surface area contributed by atoms with Crippen molar-refractivity contribution >= 4 is 49.6 Å². The van der Waals surface area contributed by atoms with Crippen molar-refractivity contribution in [3.8, 4) is 50.2 Å². The van der Waals surface area contributed by atoms with E-state index in [-0.39, 0.29) is 0 Å². The number of benzene rings is 10. The average molecular weight is 777 g/mol. The van der Waals surface area contributed by atoms with Gasteiger partial charge in [-0.2, -0.15) is 0 Å². The van der Waals surface area contributed by atoms with Crippen LogP contribution in [0.5, 0.6) is 0 Å². The molecule has 286 valence electrons. The van der Waals surface area contributed by atoms with Crippen LogP contribution in [0.15, 0.2) is 231 Å². The molecular weight excluding hydrogens is 737 g/mol. The van der Waals surface area contributed by atoms with E-state index in [9.17, 15) is 0 Å². The van der Waals surface area contributed by atoms with Crippen LogP contribution in [0, 0.1) is 0 Å².